The zero-order valence-electron chi connectivity index (χ0n) is 14.2. The van der Waals surface area contributed by atoms with Crippen molar-refractivity contribution in [2.45, 2.75) is 20.3 Å². The van der Waals surface area contributed by atoms with Crippen molar-refractivity contribution >= 4 is 27.6 Å². The molecule has 0 aliphatic heterocycles. The zero-order valence-corrected chi connectivity index (χ0v) is 15.8. The fraction of sp³-hybridized carbons (Fsp3) is 0.316. The number of methoxy groups -OCH3 is 1. The summed E-state index contributed by atoms with van der Waals surface area (Å²) in [5, 5.41) is 3.29. The van der Waals surface area contributed by atoms with E-state index in [1.54, 1.807) is 0 Å². The molecule has 0 fully saturated rings. The first kappa shape index (κ1) is 18.3. The molecule has 0 atom stereocenters. The second-order valence-electron chi connectivity index (χ2n) is 5.61. The second-order valence-corrected chi connectivity index (χ2v) is 6.46. The van der Waals surface area contributed by atoms with E-state index in [9.17, 15) is 4.79 Å². The van der Waals surface area contributed by atoms with Crippen LogP contribution in [0, 0.1) is 13.8 Å². The lowest BCUT2D eigenvalue weighted by atomic mass is 10.1. The van der Waals surface area contributed by atoms with Crippen molar-refractivity contribution in [1.29, 1.82) is 0 Å². The summed E-state index contributed by atoms with van der Waals surface area (Å²) in [5.74, 6) is 0.527. The average Bonchev–Trinajstić information content (AvgIpc) is 2.55. The molecule has 5 heteroatoms. The largest absolute Gasteiger partial charge is 0.494 e. The van der Waals surface area contributed by atoms with Crippen LogP contribution in [0.1, 0.15) is 27.9 Å². The molecule has 1 N–H and O–H groups in total. The number of esters is 1. The van der Waals surface area contributed by atoms with Gasteiger partial charge in [-0.1, -0.05) is 12.1 Å². The number of nitrogens with one attached hydrogen (secondary N) is 1. The molecule has 0 bridgehead atoms. The minimum atomic E-state index is -0.349. The lowest BCUT2D eigenvalue weighted by molar-refractivity contribution is 0.0601. The first-order chi connectivity index (χ1) is 11.5. The number of carbonyl (C=O) groups excluding carboxylic acids is 1. The van der Waals surface area contributed by atoms with Gasteiger partial charge in [-0.3, -0.25) is 0 Å². The zero-order chi connectivity index (χ0) is 17.5. The number of anilines is 1. The molecule has 0 aromatic heterocycles. The van der Waals surface area contributed by atoms with Crippen molar-refractivity contribution in [3.63, 3.8) is 0 Å². The topological polar surface area (TPSA) is 47.6 Å². The SMILES string of the molecule is COC(=O)c1cc(C)cc(Br)c1NCCCOc1cccc(C)c1. The normalized spacial score (nSPS) is 10.3. The molecule has 2 rings (SSSR count). The number of hydrogen-bond acceptors (Lipinski definition) is 4. The van der Waals surface area contributed by atoms with Gasteiger partial charge in [-0.25, -0.2) is 4.79 Å². The van der Waals surface area contributed by atoms with E-state index in [-0.39, 0.29) is 5.97 Å². The van der Waals surface area contributed by atoms with Crippen molar-refractivity contribution < 1.29 is 14.3 Å². The highest BCUT2D eigenvalue weighted by atomic mass is 79.9. The van der Waals surface area contributed by atoms with Gasteiger partial charge >= 0.3 is 5.97 Å². The van der Waals surface area contributed by atoms with Crippen LogP contribution in [-0.4, -0.2) is 26.2 Å². The number of halogens is 1. The third kappa shape index (κ3) is 4.99. The molecule has 0 unspecified atom stereocenters. The van der Waals surface area contributed by atoms with Gasteiger partial charge < -0.3 is 14.8 Å². The Kier molecular flexibility index (Phi) is 6.67. The van der Waals surface area contributed by atoms with E-state index in [0.717, 1.165) is 27.9 Å². The quantitative estimate of drug-likeness (QED) is 0.547. The maximum Gasteiger partial charge on any atom is 0.340 e. The number of ether oxygens (including phenoxy) is 2. The number of hydrogen-bond donors (Lipinski definition) is 1. The number of rotatable bonds is 7. The van der Waals surface area contributed by atoms with Crippen LogP contribution in [0.2, 0.25) is 0 Å². The van der Waals surface area contributed by atoms with Crippen molar-refractivity contribution in [3.05, 3.63) is 57.6 Å². The molecule has 0 aliphatic carbocycles. The minimum absolute atomic E-state index is 0.349. The predicted octanol–water partition coefficient (Wildman–Crippen LogP) is 4.73. The van der Waals surface area contributed by atoms with E-state index >= 15 is 0 Å². The van der Waals surface area contributed by atoms with Crippen molar-refractivity contribution in [2.24, 2.45) is 0 Å². The van der Waals surface area contributed by atoms with Crippen LogP contribution in [0.15, 0.2) is 40.9 Å². The number of carbonyl (C=O) groups is 1. The lowest BCUT2D eigenvalue weighted by Gasteiger charge is -2.14. The predicted molar refractivity (Wildman–Crippen MR) is 100.0 cm³/mol. The Labute approximate surface area is 151 Å². The van der Waals surface area contributed by atoms with Crippen LogP contribution < -0.4 is 10.1 Å². The molecule has 2 aromatic rings. The van der Waals surface area contributed by atoms with Gasteiger partial charge in [0.15, 0.2) is 0 Å². The van der Waals surface area contributed by atoms with E-state index in [0.29, 0.717) is 18.7 Å². The summed E-state index contributed by atoms with van der Waals surface area (Å²) in [4.78, 5) is 11.9. The standard InChI is InChI=1S/C19H22BrNO3/c1-13-6-4-7-15(10-13)24-9-5-8-21-18-16(19(22)23-3)11-14(2)12-17(18)20/h4,6-7,10-12,21H,5,8-9H2,1-3H3. The summed E-state index contributed by atoms with van der Waals surface area (Å²) in [6, 6.07) is 11.8. The van der Waals surface area contributed by atoms with Gasteiger partial charge in [-0.2, -0.15) is 0 Å². The molecule has 0 saturated heterocycles. The monoisotopic (exact) mass is 391 g/mol. The van der Waals surface area contributed by atoms with Crippen LogP contribution in [0.3, 0.4) is 0 Å². The van der Waals surface area contributed by atoms with E-state index in [4.69, 9.17) is 9.47 Å². The summed E-state index contributed by atoms with van der Waals surface area (Å²) >= 11 is 3.51. The summed E-state index contributed by atoms with van der Waals surface area (Å²) in [6.45, 7) is 5.28. The molecule has 0 heterocycles. The highest BCUT2D eigenvalue weighted by molar-refractivity contribution is 9.10. The summed E-state index contributed by atoms with van der Waals surface area (Å²) in [6.07, 6.45) is 0.814. The van der Waals surface area contributed by atoms with Crippen LogP contribution in [0.4, 0.5) is 5.69 Å². The lowest BCUT2D eigenvalue weighted by Crippen LogP contribution is -2.12. The highest BCUT2D eigenvalue weighted by Gasteiger charge is 2.15. The molecule has 2 aromatic carbocycles. The molecular formula is C19H22BrNO3. The maximum absolute atomic E-state index is 11.9. The van der Waals surface area contributed by atoms with E-state index in [1.807, 2.05) is 50.2 Å². The van der Waals surface area contributed by atoms with Gasteiger partial charge in [0.05, 0.1) is 25.0 Å². The van der Waals surface area contributed by atoms with Gasteiger partial charge in [0.1, 0.15) is 5.75 Å². The molecule has 0 radical (unpaired) electrons. The molecule has 24 heavy (non-hydrogen) atoms. The van der Waals surface area contributed by atoms with Crippen LogP contribution in [-0.2, 0) is 4.74 Å². The highest BCUT2D eigenvalue weighted by Crippen LogP contribution is 2.29. The first-order valence-electron chi connectivity index (χ1n) is 7.83. The van der Waals surface area contributed by atoms with Crippen molar-refractivity contribution in [1.82, 2.24) is 0 Å². The van der Waals surface area contributed by atoms with Crippen LogP contribution in [0.5, 0.6) is 5.75 Å². The fourth-order valence-corrected chi connectivity index (χ4v) is 3.09. The van der Waals surface area contributed by atoms with Gasteiger partial charge in [0.2, 0.25) is 0 Å². The first-order valence-corrected chi connectivity index (χ1v) is 8.62. The molecule has 4 nitrogen and oxygen atoms in total. The van der Waals surface area contributed by atoms with E-state index in [1.165, 1.54) is 12.7 Å². The maximum atomic E-state index is 11.9. The fourth-order valence-electron chi connectivity index (χ4n) is 2.37. The average molecular weight is 392 g/mol. The van der Waals surface area contributed by atoms with Gasteiger partial charge in [-0.05, 0) is 71.6 Å². The minimum Gasteiger partial charge on any atom is -0.494 e. The smallest absolute Gasteiger partial charge is 0.340 e. The Bertz CT molecular complexity index is 716. The van der Waals surface area contributed by atoms with Crippen LogP contribution >= 0.6 is 15.9 Å². The molecule has 0 saturated carbocycles. The molecule has 0 spiro atoms. The third-order valence-electron chi connectivity index (χ3n) is 3.52. The van der Waals surface area contributed by atoms with E-state index in [2.05, 4.69) is 21.2 Å². The molecule has 0 aliphatic rings. The summed E-state index contributed by atoms with van der Waals surface area (Å²) in [7, 11) is 1.39. The number of aryl methyl sites for hydroxylation is 2. The summed E-state index contributed by atoms with van der Waals surface area (Å²) in [5.41, 5.74) is 3.46. The second kappa shape index (κ2) is 8.73. The Hall–Kier alpha value is -2.01. The van der Waals surface area contributed by atoms with Gasteiger partial charge in [-0.15, -0.1) is 0 Å². The molecule has 0 amide bonds. The Morgan fingerprint density at radius 1 is 1.17 bits per heavy atom. The van der Waals surface area contributed by atoms with Crippen molar-refractivity contribution in [3.8, 4) is 5.75 Å². The van der Waals surface area contributed by atoms with Crippen molar-refractivity contribution in [2.75, 3.05) is 25.6 Å². The van der Waals surface area contributed by atoms with Crippen LogP contribution in [0.25, 0.3) is 0 Å². The van der Waals surface area contributed by atoms with Gasteiger partial charge in [0.25, 0.3) is 0 Å². The summed E-state index contributed by atoms with van der Waals surface area (Å²) < 4.78 is 11.4. The van der Waals surface area contributed by atoms with Gasteiger partial charge in [0, 0.05) is 11.0 Å². The Balaban J connectivity index is 1.91. The number of benzene rings is 2. The van der Waals surface area contributed by atoms with E-state index < -0.39 is 0 Å². The Morgan fingerprint density at radius 3 is 2.67 bits per heavy atom. The molecule has 128 valence electrons. The third-order valence-corrected chi connectivity index (χ3v) is 4.15. The Morgan fingerprint density at radius 2 is 1.96 bits per heavy atom. The molecular weight excluding hydrogens is 370 g/mol.